The van der Waals surface area contributed by atoms with Gasteiger partial charge in [-0.1, -0.05) is 24.3 Å². The molecule has 5 aromatic rings. The number of anilines is 2. The lowest BCUT2D eigenvalue weighted by atomic mass is 10.0. The molecule has 12 heteroatoms. The van der Waals surface area contributed by atoms with Gasteiger partial charge in [-0.25, -0.2) is 31.7 Å². The first-order valence-corrected chi connectivity index (χ1v) is 13.3. The highest BCUT2D eigenvalue weighted by Crippen LogP contribution is 2.35. The Morgan fingerprint density at radius 2 is 1.70 bits per heavy atom. The van der Waals surface area contributed by atoms with Crippen molar-refractivity contribution < 1.29 is 21.9 Å². The zero-order valence-corrected chi connectivity index (χ0v) is 22.4. The molecule has 0 aliphatic heterocycles. The monoisotopic (exact) mass is 563 g/mol. The molecule has 0 atom stereocenters. The molecule has 0 aliphatic carbocycles. The SMILES string of the molecule is COc1ncc(-c2ccc3nc(N)n(-c4ccccc4)c(=O)c3c2)cc1N(C)S(=O)(=O)c1cc(C)c(F)cc1F. The second-order valence-corrected chi connectivity index (χ2v) is 10.9. The van der Waals surface area contributed by atoms with Crippen LogP contribution < -0.4 is 20.3 Å². The molecule has 9 nitrogen and oxygen atoms in total. The largest absolute Gasteiger partial charge is 0.479 e. The molecule has 0 fully saturated rings. The van der Waals surface area contributed by atoms with E-state index in [9.17, 15) is 22.0 Å². The van der Waals surface area contributed by atoms with Crippen molar-refractivity contribution in [1.29, 1.82) is 0 Å². The molecule has 2 aromatic heterocycles. The van der Waals surface area contributed by atoms with Crippen LogP contribution in [-0.4, -0.2) is 37.1 Å². The van der Waals surface area contributed by atoms with E-state index in [1.54, 1.807) is 42.5 Å². The maximum Gasteiger partial charge on any atom is 0.267 e. The van der Waals surface area contributed by atoms with Crippen LogP contribution >= 0.6 is 0 Å². The van der Waals surface area contributed by atoms with E-state index in [1.165, 1.54) is 37.9 Å². The van der Waals surface area contributed by atoms with Crippen molar-refractivity contribution in [3.63, 3.8) is 0 Å². The summed E-state index contributed by atoms with van der Waals surface area (Å²) < 4.78 is 62.5. The first-order valence-electron chi connectivity index (χ1n) is 11.9. The number of halogens is 2. The average Bonchev–Trinajstić information content (AvgIpc) is 2.94. The summed E-state index contributed by atoms with van der Waals surface area (Å²) >= 11 is 0. The van der Waals surface area contributed by atoms with Gasteiger partial charge in [0.2, 0.25) is 11.8 Å². The van der Waals surface area contributed by atoms with Crippen molar-refractivity contribution in [1.82, 2.24) is 14.5 Å². The van der Waals surface area contributed by atoms with Crippen molar-refractivity contribution in [2.24, 2.45) is 0 Å². The van der Waals surface area contributed by atoms with Gasteiger partial charge in [0.25, 0.3) is 15.6 Å². The van der Waals surface area contributed by atoms with E-state index in [-0.39, 0.29) is 34.0 Å². The molecule has 0 radical (unpaired) electrons. The number of sulfonamides is 1. The second kappa shape index (κ2) is 10.0. The molecule has 0 aliphatic rings. The van der Waals surface area contributed by atoms with E-state index in [0.29, 0.717) is 28.4 Å². The van der Waals surface area contributed by atoms with Gasteiger partial charge in [-0.2, -0.15) is 0 Å². The lowest BCUT2D eigenvalue weighted by Gasteiger charge is -2.22. The summed E-state index contributed by atoms with van der Waals surface area (Å²) in [6.45, 7) is 1.34. The van der Waals surface area contributed by atoms with Crippen LogP contribution in [0.25, 0.3) is 27.7 Å². The molecule has 5 rings (SSSR count). The number of rotatable bonds is 6. The minimum atomic E-state index is -4.48. The van der Waals surface area contributed by atoms with E-state index in [2.05, 4.69) is 9.97 Å². The Kier molecular flexibility index (Phi) is 6.72. The molecular weight excluding hydrogens is 540 g/mol. The number of nitrogens with two attached hydrogens (primary N) is 1. The number of ether oxygens (including phenoxy) is 1. The fourth-order valence-corrected chi connectivity index (χ4v) is 5.61. The van der Waals surface area contributed by atoms with E-state index in [0.717, 1.165) is 10.4 Å². The van der Waals surface area contributed by atoms with Crippen LogP contribution in [0, 0.1) is 18.6 Å². The molecular formula is C28H23F2N5O4S. The van der Waals surface area contributed by atoms with Gasteiger partial charge in [-0.05, 0) is 54.4 Å². The second-order valence-electron chi connectivity index (χ2n) is 8.93. The zero-order valence-electron chi connectivity index (χ0n) is 21.6. The number of nitrogen functional groups attached to an aromatic ring is 1. The smallest absolute Gasteiger partial charge is 0.267 e. The highest BCUT2D eigenvalue weighted by molar-refractivity contribution is 7.92. The molecule has 2 N–H and O–H groups in total. The first-order chi connectivity index (χ1) is 19.0. The van der Waals surface area contributed by atoms with Crippen LogP contribution in [0.2, 0.25) is 0 Å². The number of fused-ring (bicyclic) bond motifs is 1. The lowest BCUT2D eigenvalue weighted by Crippen LogP contribution is -2.28. The van der Waals surface area contributed by atoms with Gasteiger partial charge in [-0.15, -0.1) is 0 Å². The number of aromatic nitrogens is 3. The zero-order chi connectivity index (χ0) is 28.8. The number of hydrogen-bond acceptors (Lipinski definition) is 7. The highest BCUT2D eigenvalue weighted by atomic mass is 32.2. The lowest BCUT2D eigenvalue weighted by molar-refractivity contribution is 0.399. The third kappa shape index (κ3) is 4.51. The van der Waals surface area contributed by atoms with Gasteiger partial charge < -0.3 is 10.5 Å². The van der Waals surface area contributed by atoms with Crippen LogP contribution in [0.4, 0.5) is 20.4 Å². The van der Waals surface area contributed by atoms with E-state index in [4.69, 9.17) is 10.5 Å². The molecule has 3 aromatic carbocycles. The fraction of sp³-hybridized carbons (Fsp3) is 0.107. The van der Waals surface area contributed by atoms with E-state index >= 15 is 0 Å². The number of pyridine rings is 1. The number of nitrogens with zero attached hydrogens (tertiary/aromatic N) is 4. The van der Waals surface area contributed by atoms with Gasteiger partial charge in [-0.3, -0.25) is 9.10 Å². The Morgan fingerprint density at radius 1 is 0.975 bits per heavy atom. The van der Waals surface area contributed by atoms with Gasteiger partial charge in [0, 0.05) is 24.9 Å². The number of aryl methyl sites for hydroxylation is 1. The average molecular weight is 564 g/mol. The van der Waals surface area contributed by atoms with E-state index < -0.39 is 26.6 Å². The topological polar surface area (TPSA) is 120 Å². The normalized spacial score (nSPS) is 11.5. The van der Waals surface area contributed by atoms with Crippen LogP contribution in [0.3, 0.4) is 0 Å². The van der Waals surface area contributed by atoms with Crippen LogP contribution in [0.15, 0.2) is 82.6 Å². The Bertz CT molecular complexity index is 1950. The van der Waals surface area contributed by atoms with E-state index in [1.807, 2.05) is 6.07 Å². The molecule has 0 saturated heterocycles. The molecule has 0 unspecified atom stereocenters. The minimum Gasteiger partial charge on any atom is -0.479 e. The van der Waals surface area contributed by atoms with Crippen molar-refractivity contribution in [3.05, 3.63) is 100 Å². The van der Waals surface area contributed by atoms with Gasteiger partial charge >= 0.3 is 0 Å². The van der Waals surface area contributed by atoms with Gasteiger partial charge in [0.05, 0.1) is 23.7 Å². The third-order valence-corrected chi connectivity index (χ3v) is 8.24. The molecule has 2 heterocycles. The Balaban J connectivity index is 1.63. The van der Waals surface area contributed by atoms with Crippen LogP contribution in [0.5, 0.6) is 5.88 Å². The number of methoxy groups -OCH3 is 1. The maximum atomic E-state index is 14.6. The first kappa shape index (κ1) is 26.8. The molecule has 0 spiro atoms. The van der Waals surface area contributed by atoms with Gasteiger partial charge in [0.15, 0.2) is 0 Å². The molecule has 0 amide bonds. The minimum absolute atomic E-state index is 0.00129. The van der Waals surface area contributed by atoms with Crippen molar-refractivity contribution >= 4 is 32.6 Å². The van der Waals surface area contributed by atoms with Crippen molar-refractivity contribution in [2.75, 3.05) is 24.2 Å². The Hall–Kier alpha value is -4.84. The van der Waals surface area contributed by atoms with Crippen molar-refractivity contribution in [2.45, 2.75) is 11.8 Å². The van der Waals surface area contributed by atoms with Crippen molar-refractivity contribution in [3.8, 4) is 22.7 Å². The molecule has 0 bridgehead atoms. The molecule has 0 saturated carbocycles. The predicted molar refractivity (Wildman–Crippen MR) is 148 cm³/mol. The highest BCUT2D eigenvalue weighted by Gasteiger charge is 2.29. The summed E-state index contributed by atoms with van der Waals surface area (Å²) in [6.07, 6.45) is 1.45. The summed E-state index contributed by atoms with van der Waals surface area (Å²) in [5.41, 5.74) is 7.57. The summed E-state index contributed by atoms with van der Waals surface area (Å²) in [6, 6.07) is 16.7. The predicted octanol–water partition coefficient (Wildman–Crippen LogP) is 4.45. The quantitative estimate of drug-likeness (QED) is 0.324. The standard InChI is InChI=1S/C28H23F2N5O4S/c1-16-11-25(22(30)14-21(16)29)40(37,38)34(2)24-13-18(15-32-26(24)39-3)17-9-10-23-20(12-17)27(36)35(28(31)33-23)19-7-5-4-6-8-19/h4-15H,1-3H3,(H2,31,33). The Labute approximate surface area is 228 Å². The Morgan fingerprint density at radius 3 is 2.40 bits per heavy atom. The van der Waals surface area contributed by atoms with Gasteiger partial charge in [0.1, 0.15) is 22.2 Å². The third-order valence-electron chi connectivity index (χ3n) is 6.46. The van der Waals surface area contributed by atoms with Crippen LogP contribution in [0.1, 0.15) is 5.56 Å². The number of benzene rings is 3. The summed E-state index contributed by atoms with van der Waals surface area (Å²) in [4.78, 5) is 21.3. The summed E-state index contributed by atoms with van der Waals surface area (Å²) in [7, 11) is -1.96. The number of para-hydroxylation sites is 1. The molecule has 40 heavy (non-hydrogen) atoms. The summed E-state index contributed by atoms with van der Waals surface area (Å²) in [5, 5.41) is 0.276. The molecule has 204 valence electrons. The fourth-order valence-electron chi connectivity index (χ4n) is 4.30. The van der Waals surface area contributed by atoms with Crippen LogP contribution in [-0.2, 0) is 10.0 Å². The number of hydrogen-bond donors (Lipinski definition) is 1. The maximum absolute atomic E-state index is 14.6. The summed E-state index contributed by atoms with van der Waals surface area (Å²) in [5.74, 6) is -2.11.